The van der Waals surface area contributed by atoms with Gasteiger partial charge in [-0.2, -0.15) is 0 Å². The highest BCUT2D eigenvalue weighted by Gasteiger charge is 2.11. The SMILES string of the molecule is NC(c1ccc2[nH]c(=O)[nH]c2c1)c1cscn1. The van der Waals surface area contributed by atoms with Gasteiger partial charge in [0.15, 0.2) is 0 Å². The summed E-state index contributed by atoms with van der Waals surface area (Å²) in [5, 5.41) is 1.93. The predicted molar refractivity (Wildman–Crippen MR) is 67.1 cm³/mol. The van der Waals surface area contributed by atoms with E-state index >= 15 is 0 Å². The van der Waals surface area contributed by atoms with Crippen molar-refractivity contribution in [3.8, 4) is 0 Å². The topological polar surface area (TPSA) is 87.6 Å². The van der Waals surface area contributed by atoms with Crippen LogP contribution in [-0.4, -0.2) is 15.0 Å². The zero-order chi connectivity index (χ0) is 11.8. The van der Waals surface area contributed by atoms with Crippen molar-refractivity contribution in [1.29, 1.82) is 0 Å². The third-order valence-corrected chi connectivity index (χ3v) is 3.27. The molecule has 4 N–H and O–H groups in total. The number of hydrogen-bond donors (Lipinski definition) is 3. The summed E-state index contributed by atoms with van der Waals surface area (Å²) in [6, 6.07) is 5.35. The number of rotatable bonds is 2. The van der Waals surface area contributed by atoms with Gasteiger partial charge < -0.3 is 15.7 Å². The molecule has 0 aliphatic rings. The van der Waals surface area contributed by atoms with Crippen LogP contribution in [0.5, 0.6) is 0 Å². The fourth-order valence-corrected chi connectivity index (χ4v) is 2.38. The highest BCUT2D eigenvalue weighted by molar-refractivity contribution is 7.07. The van der Waals surface area contributed by atoms with E-state index in [-0.39, 0.29) is 11.7 Å². The molecule has 0 spiro atoms. The van der Waals surface area contributed by atoms with Gasteiger partial charge in [-0.3, -0.25) is 0 Å². The normalized spacial score (nSPS) is 13.0. The fourth-order valence-electron chi connectivity index (χ4n) is 1.79. The maximum atomic E-state index is 11.1. The van der Waals surface area contributed by atoms with Gasteiger partial charge in [0.1, 0.15) is 0 Å². The highest BCUT2D eigenvalue weighted by atomic mass is 32.1. The van der Waals surface area contributed by atoms with E-state index in [9.17, 15) is 4.79 Å². The number of benzene rings is 1. The zero-order valence-electron chi connectivity index (χ0n) is 8.81. The summed E-state index contributed by atoms with van der Waals surface area (Å²) < 4.78 is 0. The van der Waals surface area contributed by atoms with E-state index in [4.69, 9.17) is 5.73 Å². The summed E-state index contributed by atoms with van der Waals surface area (Å²) in [7, 11) is 0. The Bertz CT molecular complexity index is 698. The second-order valence-corrected chi connectivity index (χ2v) is 4.49. The molecule has 0 bridgehead atoms. The van der Waals surface area contributed by atoms with Crippen molar-refractivity contribution >= 4 is 22.4 Å². The van der Waals surface area contributed by atoms with Crippen molar-refractivity contribution in [3.63, 3.8) is 0 Å². The van der Waals surface area contributed by atoms with Crippen molar-refractivity contribution in [2.24, 2.45) is 5.73 Å². The van der Waals surface area contributed by atoms with Crippen LogP contribution in [0.2, 0.25) is 0 Å². The minimum Gasteiger partial charge on any atom is -0.319 e. The number of hydrogen-bond acceptors (Lipinski definition) is 4. The molecule has 0 radical (unpaired) electrons. The Morgan fingerprint density at radius 2 is 2.12 bits per heavy atom. The number of nitrogens with two attached hydrogens (primary N) is 1. The second kappa shape index (κ2) is 3.83. The quantitative estimate of drug-likeness (QED) is 0.638. The molecule has 17 heavy (non-hydrogen) atoms. The van der Waals surface area contributed by atoms with Crippen molar-refractivity contribution in [2.45, 2.75) is 6.04 Å². The Hall–Kier alpha value is -1.92. The predicted octanol–water partition coefficient (Wildman–Crippen LogP) is 1.36. The fraction of sp³-hybridized carbons (Fsp3) is 0.0909. The van der Waals surface area contributed by atoms with Crippen LogP contribution in [0.15, 0.2) is 33.9 Å². The van der Waals surface area contributed by atoms with Gasteiger partial charge >= 0.3 is 5.69 Å². The van der Waals surface area contributed by atoms with E-state index < -0.39 is 0 Å². The molecule has 3 rings (SSSR count). The van der Waals surface area contributed by atoms with E-state index in [1.165, 1.54) is 11.3 Å². The smallest absolute Gasteiger partial charge is 0.319 e. The maximum absolute atomic E-state index is 11.1. The summed E-state index contributed by atoms with van der Waals surface area (Å²) in [4.78, 5) is 20.7. The number of thiazole rings is 1. The van der Waals surface area contributed by atoms with Crippen LogP contribution in [0.25, 0.3) is 11.0 Å². The lowest BCUT2D eigenvalue weighted by atomic mass is 10.1. The van der Waals surface area contributed by atoms with Gasteiger partial charge in [0.2, 0.25) is 0 Å². The van der Waals surface area contributed by atoms with Gasteiger partial charge in [-0.25, -0.2) is 9.78 Å². The van der Waals surface area contributed by atoms with E-state index in [0.29, 0.717) is 0 Å². The standard InChI is InChI=1S/C11H10N4OS/c12-10(9-4-17-5-13-9)6-1-2-7-8(3-6)15-11(16)14-7/h1-5,10H,12H2,(H2,14,15,16). The first-order valence-electron chi connectivity index (χ1n) is 5.09. The summed E-state index contributed by atoms with van der Waals surface area (Å²) in [6.07, 6.45) is 0. The molecule has 0 saturated heterocycles. The van der Waals surface area contributed by atoms with Crippen LogP contribution >= 0.6 is 11.3 Å². The molecule has 0 aliphatic heterocycles. The Kier molecular flexibility index (Phi) is 2.31. The lowest BCUT2D eigenvalue weighted by molar-refractivity contribution is 0.840. The molecule has 3 aromatic rings. The van der Waals surface area contributed by atoms with Crippen LogP contribution in [-0.2, 0) is 0 Å². The van der Waals surface area contributed by atoms with Crippen LogP contribution < -0.4 is 11.4 Å². The first-order valence-corrected chi connectivity index (χ1v) is 6.04. The number of nitrogens with one attached hydrogen (secondary N) is 2. The average Bonchev–Trinajstić information content (AvgIpc) is 2.94. The Balaban J connectivity index is 2.08. The van der Waals surface area contributed by atoms with Gasteiger partial charge in [0.25, 0.3) is 0 Å². The Morgan fingerprint density at radius 1 is 1.29 bits per heavy atom. The lowest BCUT2D eigenvalue weighted by Crippen LogP contribution is -2.11. The molecule has 86 valence electrons. The van der Waals surface area contributed by atoms with Crippen molar-refractivity contribution in [3.05, 3.63) is 50.8 Å². The lowest BCUT2D eigenvalue weighted by Gasteiger charge is -2.08. The van der Waals surface area contributed by atoms with Gasteiger partial charge in [0, 0.05) is 5.38 Å². The number of fused-ring (bicyclic) bond motifs is 1. The van der Waals surface area contributed by atoms with Crippen LogP contribution in [0.1, 0.15) is 17.3 Å². The van der Waals surface area contributed by atoms with Crippen molar-refractivity contribution in [1.82, 2.24) is 15.0 Å². The third-order valence-electron chi connectivity index (χ3n) is 2.67. The molecule has 1 aromatic carbocycles. The van der Waals surface area contributed by atoms with Gasteiger partial charge in [-0.15, -0.1) is 11.3 Å². The monoisotopic (exact) mass is 246 g/mol. The van der Waals surface area contributed by atoms with Gasteiger partial charge in [0.05, 0.1) is 28.3 Å². The zero-order valence-corrected chi connectivity index (χ0v) is 9.62. The molecular weight excluding hydrogens is 236 g/mol. The van der Waals surface area contributed by atoms with Crippen molar-refractivity contribution < 1.29 is 0 Å². The average molecular weight is 246 g/mol. The number of imidazole rings is 1. The van der Waals surface area contributed by atoms with Crippen LogP contribution in [0.4, 0.5) is 0 Å². The summed E-state index contributed by atoms with van der Waals surface area (Å²) in [5.41, 5.74) is 11.0. The van der Waals surface area contributed by atoms with E-state index in [1.54, 1.807) is 5.51 Å². The summed E-state index contributed by atoms with van der Waals surface area (Å²) in [6.45, 7) is 0. The Labute approximate surface area is 100 Å². The molecule has 1 unspecified atom stereocenters. The first kappa shape index (κ1) is 10.2. The Morgan fingerprint density at radius 3 is 2.88 bits per heavy atom. The molecule has 1 atom stereocenters. The number of aromatic nitrogens is 3. The first-order chi connectivity index (χ1) is 8.24. The molecule has 0 saturated carbocycles. The second-order valence-electron chi connectivity index (χ2n) is 3.78. The number of H-pyrrole nitrogens is 2. The number of aromatic amines is 2. The summed E-state index contributed by atoms with van der Waals surface area (Å²) >= 11 is 1.52. The molecule has 2 aromatic heterocycles. The van der Waals surface area contributed by atoms with E-state index in [2.05, 4.69) is 15.0 Å². The molecule has 2 heterocycles. The molecule has 6 heteroatoms. The molecule has 0 fully saturated rings. The minimum atomic E-state index is -0.260. The van der Waals surface area contributed by atoms with Crippen LogP contribution in [0.3, 0.4) is 0 Å². The van der Waals surface area contributed by atoms with Crippen LogP contribution in [0, 0.1) is 0 Å². The van der Waals surface area contributed by atoms with E-state index in [0.717, 1.165) is 22.3 Å². The van der Waals surface area contributed by atoms with Gasteiger partial charge in [-0.05, 0) is 17.7 Å². The van der Waals surface area contributed by atoms with E-state index in [1.807, 2.05) is 23.6 Å². The maximum Gasteiger partial charge on any atom is 0.323 e. The molecule has 0 amide bonds. The number of nitrogens with zero attached hydrogens (tertiary/aromatic N) is 1. The molecular formula is C11H10N4OS. The minimum absolute atomic E-state index is 0.209. The van der Waals surface area contributed by atoms with Crippen molar-refractivity contribution in [2.75, 3.05) is 0 Å². The largest absolute Gasteiger partial charge is 0.323 e. The highest BCUT2D eigenvalue weighted by Crippen LogP contribution is 2.21. The summed E-state index contributed by atoms with van der Waals surface area (Å²) in [5.74, 6) is 0. The molecule has 0 aliphatic carbocycles. The molecule has 5 nitrogen and oxygen atoms in total. The van der Waals surface area contributed by atoms with Gasteiger partial charge in [-0.1, -0.05) is 6.07 Å². The third kappa shape index (κ3) is 1.77.